The standard InChI is InChI=1S/C12H15N.C7H8/c1-4-10(2)11(3)13-12-8-6-5-7-9-12;1-7-5-3-2-4-6-7/h4-9H,1-3H3;2-6H,1H3/b10-4-,13-11?;. The van der Waals surface area contributed by atoms with Crippen LogP contribution in [0, 0.1) is 6.92 Å². The van der Waals surface area contributed by atoms with Gasteiger partial charge in [0.25, 0.3) is 0 Å². The normalized spacial score (nSPS) is 11.6. The van der Waals surface area contributed by atoms with Crippen LogP contribution in [0.15, 0.2) is 77.3 Å². The lowest BCUT2D eigenvalue weighted by atomic mass is 10.2. The van der Waals surface area contributed by atoms with Crippen LogP contribution in [0.2, 0.25) is 0 Å². The van der Waals surface area contributed by atoms with E-state index in [1.54, 1.807) is 0 Å². The Hall–Kier alpha value is -2.15. The predicted octanol–water partition coefficient (Wildman–Crippen LogP) is 5.74. The summed E-state index contributed by atoms with van der Waals surface area (Å²) < 4.78 is 0. The summed E-state index contributed by atoms with van der Waals surface area (Å²) >= 11 is 0. The van der Waals surface area contributed by atoms with E-state index in [-0.39, 0.29) is 0 Å². The summed E-state index contributed by atoms with van der Waals surface area (Å²) in [4.78, 5) is 4.48. The van der Waals surface area contributed by atoms with Gasteiger partial charge in [-0.3, -0.25) is 4.99 Å². The van der Waals surface area contributed by atoms with E-state index in [0.717, 1.165) is 11.4 Å². The van der Waals surface area contributed by atoms with Gasteiger partial charge >= 0.3 is 0 Å². The first-order valence-electron chi connectivity index (χ1n) is 6.88. The second-order valence-electron chi connectivity index (χ2n) is 4.66. The van der Waals surface area contributed by atoms with Gasteiger partial charge in [-0.15, -0.1) is 0 Å². The van der Waals surface area contributed by atoms with E-state index in [9.17, 15) is 0 Å². The maximum Gasteiger partial charge on any atom is 0.0632 e. The summed E-state index contributed by atoms with van der Waals surface area (Å²) in [5.74, 6) is 0. The molecule has 1 heteroatoms. The van der Waals surface area contributed by atoms with Crippen LogP contribution in [-0.4, -0.2) is 5.71 Å². The Balaban J connectivity index is 0.000000240. The SMILES string of the molecule is C/C=C(/C)C(C)=Nc1ccccc1.Cc1ccccc1. The Morgan fingerprint density at radius 2 is 1.35 bits per heavy atom. The Bertz CT molecular complexity index is 551. The second-order valence-corrected chi connectivity index (χ2v) is 4.66. The lowest BCUT2D eigenvalue weighted by molar-refractivity contribution is 1.43. The van der Waals surface area contributed by atoms with Crippen molar-refractivity contribution in [2.45, 2.75) is 27.7 Å². The third-order valence-electron chi connectivity index (χ3n) is 3.00. The smallest absolute Gasteiger partial charge is 0.0632 e. The van der Waals surface area contributed by atoms with Gasteiger partial charge in [-0.05, 0) is 45.4 Å². The molecule has 2 aromatic carbocycles. The summed E-state index contributed by atoms with van der Waals surface area (Å²) in [7, 11) is 0. The molecule has 0 saturated carbocycles. The number of hydrogen-bond donors (Lipinski definition) is 0. The molecular weight excluding hydrogens is 242 g/mol. The molecule has 0 radical (unpaired) electrons. The van der Waals surface area contributed by atoms with Crippen molar-refractivity contribution >= 4 is 11.4 Å². The molecule has 0 aliphatic rings. The Morgan fingerprint density at radius 3 is 1.75 bits per heavy atom. The van der Waals surface area contributed by atoms with E-state index in [2.05, 4.69) is 37.0 Å². The van der Waals surface area contributed by atoms with E-state index in [0.29, 0.717) is 0 Å². The lowest BCUT2D eigenvalue weighted by Gasteiger charge is -1.99. The molecule has 2 rings (SSSR count). The molecule has 0 spiro atoms. The van der Waals surface area contributed by atoms with Crippen molar-refractivity contribution in [1.82, 2.24) is 0 Å². The quantitative estimate of drug-likeness (QED) is 0.614. The van der Waals surface area contributed by atoms with E-state index in [1.165, 1.54) is 11.1 Å². The van der Waals surface area contributed by atoms with Crippen molar-refractivity contribution in [3.63, 3.8) is 0 Å². The number of nitrogens with zero attached hydrogens (tertiary/aromatic N) is 1. The van der Waals surface area contributed by atoms with Crippen LogP contribution in [0.5, 0.6) is 0 Å². The van der Waals surface area contributed by atoms with Gasteiger partial charge in [0.05, 0.1) is 5.69 Å². The van der Waals surface area contributed by atoms with Crippen LogP contribution in [0.1, 0.15) is 26.3 Å². The molecule has 20 heavy (non-hydrogen) atoms. The summed E-state index contributed by atoms with van der Waals surface area (Å²) in [6.45, 7) is 8.21. The number of aryl methyl sites for hydroxylation is 1. The summed E-state index contributed by atoms with van der Waals surface area (Å²) in [6, 6.07) is 20.3. The van der Waals surface area contributed by atoms with Gasteiger partial charge in [-0.25, -0.2) is 0 Å². The van der Waals surface area contributed by atoms with E-state index in [1.807, 2.05) is 62.4 Å². The van der Waals surface area contributed by atoms with Gasteiger partial charge in [-0.2, -0.15) is 0 Å². The average molecular weight is 265 g/mol. The van der Waals surface area contributed by atoms with Crippen molar-refractivity contribution in [1.29, 1.82) is 0 Å². The topological polar surface area (TPSA) is 12.4 Å². The Labute approximate surface area is 122 Å². The Morgan fingerprint density at radius 1 is 0.850 bits per heavy atom. The molecule has 0 N–H and O–H groups in total. The molecular formula is C19H23N. The minimum atomic E-state index is 1.02. The fraction of sp³-hybridized carbons (Fsp3) is 0.211. The van der Waals surface area contributed by atoms with Crippen molar-refractivity contribution in [2.75, 3.05) is 0 Å². The van der Waals surface area contributed by atoms with E-state index in [4.69, 9.17) is 0 Å². The molecule has 0 fully saturated rings. The van der Waals surface area contributed by atoms with Gasteiger partial charge in [0.15, 0.2) is 0 Å². The number of para-hydroxylation sites is 1. The van der Waals surface area contributed by atoms with Crippen LogP contribution in [0.4, 0.5) is 5.69 Å². The molecule has 0 aliphatic carbocycles. The molecule has 2 aromatic rings. The third-order valence-corrected chi connectivity index (χ3v) is 3.00. The molecule has 0 atom stereocenters. The zero-order valence-corrected chi connectivity index (χ0v) is 12.8. The van der Waals surface area contributed by atoms with Crippen LogP contribution in [-0.2, 0) is 0 Å². The molecule has 0 aliphatic heterocycles. The highest BCUT2D eigenvalue weighted by molar-refractivity contribution is 5.99. The van der Waals surface area contributed by atoms with Crippen LogP contribution < -0.4 is 0 Å². The van der Waals surface area contributed by atoms with Gasteiger partial charge in [0, 0.05) is 5.71 Å². The lowest BCUT2D eigenvalue weighted by Crippen LogP contribution is -1.91. The molecule has 0 aromatic heterocycles. The maximum atomic E-state index is 4.48. The highest BCUT2D eigenvalue weighted by Crippen LogP contribution is 2.12. The van der Waals surface area contributed by atoms with Gasteiger partial charge in [0.2, 0.25) is 0 Å². The zero-order chi connectivity index (χ0) is 14.8. The van der Waals surface area contributed by atoms with Gasteiger partial charge < -0.3 is 0 Å². The molecule has 0 unspecified atom stereocenters. The number of benzene rings is 2. The maximum absolute atomic E-state index is 4.48. The molecule has 0 saturated heterocycles. The average Bonchev–Trinajstić information content (AvgIpc) is 2.49. The first kappa shape index (κ1) is 15.9. The van der Waals surface area contributed by atoms with Crippen molar-refractivity contribution in [3.05, 3.63) is 77.9 Å². The van der Waals surface area contributed by atoms with Gasteiger partial charge in [0.1, 0.15) is 0 Å². The summed E-state index contributed by atoms with van der Waals surface area (Å²) in [5.41, 5.74) is 4.64. The minimum absolute atomic E-state index is 1.02. The number of aliphatic imine (C=N–C) groups is 1. The van der Waals surface area contributed by atoms with Gasteiger partial charge in [-0.1, -0.05) is 60.2 Å². The van der Waals surface area contributed by atoms with E-state index >= 15 is 0 Å². The van der Waals surface area contributed by atoms with Crippen molar-refractivity contribution in [2.24, 2.45) is 4.99 Å². The first-order valence-corrected chi connectivity index (χ1v) is 6.88. The highest BCUT2D eigenvalue weighted by atomic mass is 14.7. The number of rotatable bonds is 2. The van der Waals surface area contributed by atoms with Crippen LogP contribution >= 0.6 is 0 Å². The molecule has 104 valence electrons. The Kier molecular flexibility index (Phi) is 7.05. The fourth-order valence-electron chi connectivity index (χ4n) is 1.53. The highest BCUT2D eigenvalue weighted by Gasteiger charge is 1.93. The largest absolute Gasteiger partial charge is 0.254 e. The molecule has 0 amide bonds. The summed E-state index contributed by atoms with van der Waals surface area (Å²) in [6.07, 6.45) is 2.07. The number of allylic oxidation sites excluding steroid dienone is 2. The first-order chi connectivity index (χ1) is 9.63. The molecule has 0 heterocycles. The second kappa shape index (κ2) is 8.87. The third kappa shape index (κ3) is 6.14. The monoisotopic (exact) mass is 265 g/mol. The minimum Gasteiger partial charge on any atom is -0.254 e. The fourth-order valence-corrected chi connectivity index (χ4v) is 1.53. The zero-order valence-electron chi connectivity index (χ0n) is 12.8. The van der Waals surface area contributed by atoms with Crippen molar-refractivity contribution in [3.8, 4) is 0 Å². The van der Waals surface area contributed by atoms with Crippen LogP contribution in [0.3, 0.4) is 0 Å². The molecule has 0 bridgehead atoms. The predicted molar refractivity (Wildman–Crippen MR) is 89.8 cm³/mol. The molecule has 1 nitrogen and oxygen atoms in total. The summed E-state index contributed by atoms with van der Waals surface area (Å²) in [5, 5.41) is 0. The van der Waals surface area contributed by atoms with Crippen molar-refractivity contribution < 1.29 is 0 Å². The van der Waals surface area contributed by atoms with E-state index < -0.39 is 0 Å². The number of hydrogen-bond acceptors (Lipinski definition) is 1. The van der Waals surface area contributed by atoms with Crippen LogP contribution in [0.25, 0.3) is 0 Å².